The lowest BCUT2D eigenvalue weighted by Gasteiger charge is -2.22. The molecule has 0 spiro atoms. The van der Waals surface area contributed by atoms with E-state index in [1.807, 2.05) is 0 Å². The number of rotatable bonds is 12. The lowest BCUT2D eigenvalue weighted by atomic mass is 10.2. The van der Waals surface area contributed by atoms with Gasteiger partial charge in [0.05, 0.1) is 16.8 Å². The Bertz CT molecular complexity index is 1130. The predicted molar refractivity (Wildman–Crippen MR) is 134 cm³/mol. The van der Waals surface area contributed by atoms with E-state index in [4.69, 9.17) is 0 Å². The van der Waals surface area contributed by atoms with Gasteiger partial charge in [-0.3, -0.25) is 9.10 Å². The van der Waals surface area contributed by atoms with E-state index in [1.54, 1.807) is 11.8 Å². The molecule has 2 rings (SSSR count). The highest BCUT2D eigenvalue weighted by atomic mass is 32.2. The molecule has 11 heteroatoms. The number of carbonyl (C=O) groups is 1. The molecule has 0 saturated heterocycles. The van der Waals surface area contributed by atoms with Crippen LogP contribution in [0.5, 0.6) is 0 Å². The quantitative estimate of drug-likeness (QED) is 0.437. The van der Waals surface area contributed by atoms with Crippen molar-refractivity contribution < 1.29 is 21.6 Å². The number of thioether (sulfide) groups is 1. The summed E-state index contributed by atoms with van der Waals surface area (Å²) in [7, 11) is -4.55. The Balaban J connectivity index is 1.87. The molecule has 8 nitrogen and oxygen atoms in total. The second-order valence-corrected chi connectivity index (χ2v) is 13.0. The molecule has 0 atom stereocenters. The van der Waals surface area contributed by atoms with Crippen LogP contribution >= 0.6 is 11.8 Å². The summed E-state index contributed by atoms with van der Waals surface area (Å²) < 4.78 is 50.9. The van der Waals surface area contributed by atoms with Crippen LogP contribution in [0.3, 0.4) is 0 Å². The predicted octanol–water partition coefficient (Wildman–Crippen LogP) is 2.45. The van der Waals surface area contributed by atoms with Gasteiger partial charge < -0.3 is 5.32 Å². The number of hydrogen-bond donors (Lipinski definition) is 1. The summed E-state index contributed by atoms with van der Waals surface area (Å²) in [6, 6.07) is 13.8. The number of benzene rings is 2. The van der Waals surface area contributed by atoms with Crippen molar-refractivity contribution in [2.75, 3.05) is 43.5 Å². The van der Waals surface area contributed by atoms with E-state index in [-0.39, 0.29) is 17.1 Å². The maximum absolute atomic E-state index is 12.3. The third-order valence-corrected chi connectivity index (χ3v) is 8.85. The van der Waals surface area contributed by atoms with E-state index >= 15 is 0 Å². The SMILES string of the molecule is Cc1ccc(CSCCCNC(=O)CN(c2ccc(S(=O)(=O)N(C)C)cc2)S(C)(=O)=O)cc1. The van der Waals surface area contributed by atoms with Crippen LogP contribution in [0.1, 0.15) is 17.5 Å². The van der Waals surface area contributed by atoms with Crippen LogP contribution in [0, 0.1) is 6.92 Å². The molecule has 0 aliphatic carbocycles. The largest absolute Gasteiger partial charge is 0.354 e. The minimum atomic E-state index is -3.74. The Hall–Kier alpha value is -2.08. The van der Waals surface area contributed by atoms with E-state index < -0.39 is 26.0 Å². The molecule has 0 aromatic heterocycles. The van der Waals surface area contributed by atoms with E-state index in [2.05, 4.69) is 36.5 Å². The van der Waals surface area contributed by atoms with Crippen LogP contribution in [0.15, 0.2) is 53.4 Å². The zero-order valence-corrected chi connectivity index (χ0v) is 21.8. The fraction of sp³-hybridized carbons (Fsp3) is 0.409. The average Bonchev–Trinajstić information content (AvgIpc) is 2.75. The van der Waals surface area contributed by atoms with Crippen molar-refractivity contribution in [1.29, 1.82) is 0 Å². The summed E-state index contributed by atoms with van der Waals surface area (Å²) >= 11 is 1.77. The number of amides is 1. The van der Waals surface area contributed by atoms with Gasteiger partial charge in [0.25, 0.3) is 0 Å². The Morgan fingerprint density at radius 1 is 0.970 bits per heavy atom. The first kappa shape index (κ1) is 27.2. The molecule has 0 aliphatic heterocycles. The van der Waals surface area contributed by atoms with Gasteiger partial charge in [0.1, 0.15) is 6.54 Å². The van der Waals surface area contributed by atoms with Gasteiger partial charge in [-0.1, -0.05) is 29.8 Å². The van der Waals surface area contributed by atoms with Crippen molar-refractivity contribution in [1.82, 2.24) is 9.62 Å². The summed E-state index contributed by atoms with van der Waals surface area (Å²) in [5.74, 6) is 1.34. The van der Waals surface area contributed by atoms with Gasteiger partial charge in [-0.25, -0.2) is 21.1 Å². The first-order chi connectivity index (χ1) is 15.4. The number of aryl methyl sites for hydroxylation is 1. The van der Waals surface area contributed by atoms with Crippen LogP contribution in [-0.4, -0.2) is 66.2 Å². The van der Waals surface area contributed by atoms with Crippen LogP contribution in [0.2, 0.25) is 0 Å². The van der Waals surface area contributed by atoms with E-state index in [1.165, 1.54) is 49.5 Å². The molecule has 0 bridgehead atoms. The van der Waals surface area contributed by atoms with E-state index in [9.17, 15) is 21.6 Å². The third kappa shape index (κ3) is 8.33. The highest BCUT2D eigenvalue weighted by Crippen LogP contribution is 2.21. The van der Waals surface area contributed by atoms with E-state index in [0.717, 1.165) is 32.8 Å². The summed E-state index contributed by atoms with van der Waals surface area (Å²) in [6.45, 7) is 2.11. The number of nitrogens with zero attached hydrogens (tertiary/aromatic N) is 2. The highest BCUT2D eigenvalue weighted by molar-refractivity contribution is 7.98. The lowest BCUT2D eigenvalue weighted by molar-refractivity contribution is -0.119. The molecule has 1 N–H and O–H groups in total. The van der Waals surface area contributed by atoms with Crippen molar-refractivity contribution in [2.45, 2.75) is 24.0 Å². The smallest absolute Gasteiger partial charge is 0.242 e. The summed E-state index contributed by atoms with van der Waals surface area (Å²) in [5, 5.41) is 2.75. The van der Waals surface area contributed by atoms with Gasteiger partial charge in [0.2, 0.25) is 26.0 Å². The maximum Gasteiger partial charge on any atom is 0.242 e. The summed E-state index contributed by atoms with van der Waals surface area (Å²) in [5.41, 5.74) is 2.70. The van der Waals surface area contributed by atoms with Gasteiger partial charge >= 0.3 is 0 Å². The molecule has 0 unspecified atom stereocenters. The Labute approximate surface area is 201 Å². The zero-order chi connectivity index (χ0) is 24.6. The van der Waals surface area contributed by atoms with Crippen LogP contribution in [0.25, 0.3) is 0 Å². The first-order valence-corrected chi connectivity index (χ1v) is 14.8. The van der Waals surface area contributed by atoms with Crippen LogP contribution < -0.4 is 9.62 Å². The highest BCUT2D eigenvalue weighted by Gasteiger charge is 2.22. The van der Waals surface area contributed by atoms with E-state index in [0.29, 0.717) is 6.54 Å². The van der Waals surface area contributed by atoms with Crippen LogP contribution in [0.4, 0.5) is 5.69 Å². The molecular weight excluding hydrogens is 482 g/mol. The van der Waals surface area contributed by atoms with Crippen molar-refractivity contribution in [2.24, 2.45) is 0 Å². The molecule has 0 fully saturated rings. The molecule has 182 valence electrons. The van der Waals surface area contributed by atoms with Gasteiger partial charge in [-0.05, 0) is 48.9 Å². The Kier molecular flexibility index (Phi) is 9.77. The fourth-order valence-corrected chi connectivity index (χ4v) is 5.54. The minimum Gasteiger partial charge on any atom is -0.354 e. The number of carbonyl (C=O) groups excluding carboxylic acids is 1. The van der Waals surface area contributed by atoms with Crippen molar-refractivity contribution in [3.8, 4) is 0 Å². The van der Waals surface area contributed by atoms with Gasteiger partial charge in [0, 0.05) is 26.4 Å². The number of nitrogens with one attached hydrogen (secondary N) is 1. The molecule has 0 aliphatic rings. The average molecular weight is 514 g/mol. The topological polar surface area (TPSA) is 104 Å². The number of sulfonamides is 2. The summed E-state index contributed by atoms with van der Waals surface area (Å²) in [4.78, 5) is 12.4. The lowest BCUT2D eigenvalue weighted by Crippen LogP contribution is -2.40. The van der Waals surface area contributed by atoms with Crippen LogP contribution in [-0.2, 0) is 30.6 Å². The minimum absolute atomic E-state index is 0.0392. The number of anilines is 1. The normalized spacial score (nSPS) is 12.0. The molecule has 2 aromatic rings. The van der Waals surface area contributed by atoms with Gasteiger partial charge in [-0.2, -0.15) is 11.8 Å². The van der Waals surface area contributed by atoms with Crippen molar-refractivity contribution in [3.05, 3.63) is 59.7 Å². The monoisotopic (exact) mass is 513 g/mol. The molecule has 2 aromatic carbocycles. The molecule has 0 heterocycles. The first-order valence-electron chi connectivity index (χ1n) is 10.3. The molecular formula is C22H31N3O5S3. The molecule has 0 radical (unpaired) electrons. The molecule has 33 heavy (non-hydrogen) atoms. The Morgan fingerprint density at radius 2 is 1.58 bits per heavy atom. The maximum atomic E-state index is 12.3. The third-order valence-electron chi connectivity index (χ3n) is 4.77. The zero-order valence-electron chi connectivity index (χ0n) is 19.3. The standard InChI is InChI=1S/C22H31N3O5S3/c1-18-6-8-19(9-7-18)17-31-15-5-14-23-22(26)16-25(32(4,27)28)20-10-12-21(13-11-20)33(29,30)24(2)3/h6-13H,5,14-17H2,1-4H3,(H,23,26). The molecule has 1 amide bonds. The van der Waals surface area contributed by atoms with Crippen molar-refractivity contribution >= 4 is 43.4 Å². The number of hydrogen-bond acceptors (Lipinski definition) is 6. The second-order valence-electron chi connectivity index (χ2n) is 7.79. The van der Waals surface area contributed by atoms with Gasteiger partial charge in [0.15, 0.2) is 0 Å². The molecule has 0 saturated carbocycles. The van der Waals surface area contributed by atoms with Gasteiger partial charge in [-0.15, -0.1) is 0 Å². The fourth-order valence-electron chi connectivity index (χ4n) is 2.86. The van der Waals surface area contributed by atoms with Crippen molar-refractivity contribution in [3.63, 3.8) is 0 Å². The summed E-state index contributed by atoms with van der Waals surface area (Å²) in [6.07, 6.45) is 1.77. The second kappa shape index (κ2) is 11.9. The Morgan fingerprint density at radius 3 is 2.12 bits per heavy atom.